The second-order valence-electron chi connectivity index (χ2n) is 5.85. The van der Waals surface area contributed by atoms with Crippen LogP contribution in [0.3, 0.4) is 0 Å². The third kappa shape index (κ3) is 4.32. The quantitative estimate of drug-likeness (QED) is 0.815. The lowest BCUT2D eigenvalue weighted by atomic mass is 10.1. The highest BCUT2D eigenvalue weighted by Crippen LogP contribution is 2.22. The van der Waals surface area contributed by atoms with Crippen LogP contribution in [0.15, 0.2) is 41.3 Å². The summed E-state index contributed by atoms with van der Waals surface area (Å²) in [6.45, 7) is 1.17. The first-order valence-electron chi connectivity index (χ1n) is 7.94. The third-order valence-electron chi connectivity index (χ3n) is 4.11. The molecule has 3 rings (SSSR count). The van der Waals surface area contributed by atoms with E-state index in [1.807, 2.05) is 30.3 Å². The topological polar surface area (TPSA) is 64.4 Å². The van der Waals surface area contributed by atoms with E-state index in [1.165, 1.54) is 10.8 Å². The fourth-order valence-electron chi connectivity index (χ4n) is 2.88. The minimum absolute atomic E-state index is 0.147. The fourth-order valence-corrected chi connectivity index (χ4v) is 3.30. The molecule has 0 spiro atoms. The molecule has 1 saturated heterocycles. The molecule has 1 aromatic carbocycles. The Morgan fingerprint density at radius 1 is 1.28 bits per heavy atom. The molecule has 0 bridgehead atoms. The Labute approximate surface area is 154 Å². The van der Waals surface area contributed by atoms with Crippen LogP contribution in [-0.4, -0.2) is 33.6 Å². The maximum atomic E-state index is 12.3. The highest BCUT2D eigenvalue weighted by Gasteiger charge is 2.27. The van der Waals surface area contributed by atoms with Gasteiger partial charge >= 0.3 is 6.09 Å². The number of nitrogens with zero attached hydrogens (tertiary/aromatic N) is 3. The maximum Gasteiger partial charge on any atom is 0.410 e. The number of likely N-dealkylation sites (tertiary alicyclic amines) is 1. The number of aromatic nitrogens is 2. The fraction of sp³-hybridized carbons (Fsp3) is 0.353. The maximum absolute atomic E-state index is 12.3. The minimum atomic E-state index is -0.407. The zero-order valence-electron chi connectivity index (χ0n) is 13.4. The van der Waals surface area contributed by atoms with E-state index in [2.05, 4.69) is 4.98 Å². The smallest absolute Gasteiger partial charge is 0.410 e. The van der Waals surface area contributed by atoms with Crippen LogP contribution in [0.2, 0.25) is 10.3 Å². The SMILES string of the molecule is O=C(OCc1ccccc1)N1CCCC(n2cc(Cl)nc(Cl)c2=O)C1. The van der Waals surface area contributed by atoms with Crippen molar-refractivity contribution in [2.45, 2.75) is 25.5 Å². The van der Waals surface area contributed by atoms with Crippen LogP contribution in [-0.2, 0) is 11.3 Å². The summed E-state index contributed by atoms with van der Waals surface area (Å²) in [7, 11) is 0. The van der Waals surface area contributed by atoms with E-state index in [9.17, 15) is 9.59 Å². The average molecular weight is 382 g/mol. The van der Waals surface area contributed by atoms with Crippen LogP contribution in [0.1, 0.15) is 24.4 Å². The van der Waals surface area contributed by atoms with Crippen LogP contribution in [0, 0.1) is 0 Å². The summed E-state index contributed by atoms with van der Waals surface area (Å²) in [4.78, 5) is 29.8. The van der Waals surface area contributed by atoms with Gasteiger partial charge in [0, 0.05) is 19.3 Å². The van der Waals surface area contributed by atoms with E-state index in [1.54, 1.807) is 4.90 Å². The molecule has 2 aromatic rings. The number of hydrogen-bond donors (Lipinski definition) is 0. The van der Waals surface area contributed by atoms with E-state index >= 15 is 0 Å². The summed E-state index contributed by atoms with van der Waals surface area (Å²) in [5.41, 5.74) is 0.517. The van der Waals surface area contributed by atoms with Crippen molar-refractivity contribution in [3.05, 3.63) is 62.8 Å². The molecule has 25 heavy (non-hydrogen) atoms. The van der Waals surface area contributed by atoms with Gasteiger partial charge in [-0.1, -0.05) is 53.5 Å². The molecule has 1 aliphatic heterocycles. The summed E-state index contributed by atoms with van der Waals surface area (Å²) in [5, 5.41) is -0.0235. The molecule has 6 nitrogen and oxygen atoms in total. The van der Waals surface area contributed by atoms with Crippen LogP contribution >= 0.6 is 23.2 Å². The van der Waals surface area contributed by atoms with Crippen LogP contribution in [0.25, 0.3) is 0 Å². The van der Waals surface area contributed by atoms with Crippen LogP contribution in [0.4, 0.5) is 4.79 Å². The van der Waals surface area contributed by atoms with Crippen molar-refractivity contribution in [3.8, 4) is 0 Å². The molecule has 1 aliphatic rings. The molecule has 0 N–H and O–H groups in total. The van der Waals surface area contributed by atoms with E-state index in [0.29, 0.717) is 13.1 Å². The number of carbonyl (C=O) groups excluding carboxylic acids is 1. The summed E-state index contributed by atoms with van der Waals surface area (Å²) in [6.07, 6.45) is 2.57. The van der Waals surface area contributed by atoms with Gasteiger partial charge in [0.05, 0.1) is 6.04 Å². The van der Waals surface area contributed by atoms with E-state index < -0.39 is 11.7 Å². The minimum Gasteiger partial charge on any atom is -0.445 e. The molecule has 1 fully saturated rings. The Morgan fingerprint density at radius 3 is 2.80 bits per heavy atom. The largest absolute Gasteiger partial charge is 0.445 e. The second-order valence-corrected chi connectivity index (χ2v) is 6.59. The Kier molecular flexibility index (Phi) is 5.60. The Balaban J connectivity index is 1.67. The zero-order chi connectivity index (χ0) is 17.8. The van der Waals surface area contributed by atoms with Gasteiger partial charge < -0.3 is 14.2 Å². The number of halogens is 2. The Hall–Kier alpha value is -2.05. The molecular weight excluding hydrogens is 365 g/mol. The molecule has 2 heterocycles. The summed E-state index contributed by atoms with van der Waals surface area (Å²) in [6, 6.07) is 9.28. The predicted octanol–water partition coefficient (Wildman–Crippen LogP) is 3.52. The van der Waals surface area contributed by atoms with Gasteiger partial charge in [-0.2, -0.15) is 0 Å². The number of piperidine rings is 1. The lowest BCUT2D eigenvalue weighted by Crippen LogP contribution is -2.43. The number of amides is 1. The average Bonchev–Trinajstić information content (AvgIpc) is 2.63. The third-order valence-corrected chi connectivity index (χ3v) is 4.54. The number of rotatable bonds is 3. The first-order valence-corrected chi connectivity index (χ1v) is 8.70. The molecule has 1 atom stereocenters. The zero-order valence-corrected chi connectivity index (χ0v) is 14.9. The lowest BCUT2D eigenvalue weighted by Gasteiger charge is -2.33. The number of hydrogen-bond acceptors (Lipinski definition) is 4. The van der Waals surface area contributed by atoms with Crippen LogP contribution in [0.5, 0.6) is 0 Å². The predicted molar refractivity (Wildman–Crippen MR) is 95.0 cm³/mol. The molecule has 0 radical (unpaired) electrons. The Morgan fingerprint density at radius 2 is 2.04 bits per heavy atom. The highest BCUT2D eigenvalue weighted by molar-refractivity contribution is 6.32. The molecule has 8 heteroatoms. The van der Waals surface area contributed by atoms with E-state index in [0.717, 1.165) is 18.4 Å². The van der Waals surface area contributed by atoms with Gasteiger partial charge in [-0.05, 0) is 18.4 Å². The van der Waals surface area contributed by atoms with Crippen molar-refractivity contribution in [2.75, 3.05) is 13.1 Å². The number of benzene rings is 1. The second kappa shape index (κ2) is 7.89. The summed E-state index contributed by atoms with van der Waals surface area (Å²) < 4.78 is 6.82. The summed E-state index contributed by atoms with van der Waals surface area (Å²) in [5.74, 6) is 0. The van der Waals surface area contributed by atoms with Crippen LogP contribution < -0.4 is 5.56 Å². The first-order chi connectivity index (χ1) is 12.0. The molecule has 132 valence electrons. The van der Waals surface area contributed by atoms with Gasteiger partial charge in [0.2, 0.25) is 0 Å². The lowest BCUT2D eigenvalue weighted by molar-refractivity contribution is 0.0798. The Bertz CT molecular complexity index is 811. The molecule has 0 aliphatic carbocycles. The first kappa shape index (κ1) is 17.8. The van der Waals surface area contributed by atoms with Crippen molar-refractivity contribution >= 4 is 29.3 Å². The number of carbonyl (C=O) groups is 1. The van der Waals surface area contributed by atoms with Gasteiger partial charge in [-0.25, -0.2) is 9.78 Å². The van der Waals surface area contributed by atoms with Gasteiger partial charge in [0.25, 0.3) is 5.56 Å². The number of ether oxygens (including phenoxy) is 1. The van der Waals surface area contributed by atoms with Crippen molar-refractivity contribution in [1.29, 1.82) is 0 Å². The van der Waals surface area contributed by atoms with Crippen molar-refractivity contribution in [2.24, 2.45) is 0 Å². The molecule has 0 saturated carbocycles. The van der Waals surface area contributed by atoms with Crippen molar-refractivity contribution < 1.29 is 9.53 Å². The van der Waals surface area contributed by atoms with E-state index in [-0.39, 0.29) is 23.0 Å². The van der Waals surface area contributed by atoms with Gasteiger partial charge in [0.1, 0.15) is 11.8 Å². The summed E-state index contributed by atoms with van der Waals surface area (Å²) >= 11 is 11.7. The molecule has 1 aromatic heterocycles. The standard InChI is InChI=1S/C17H17Cl2N3O3/c18-14-10-22(16(23)15(19)20-14)13-7-4-8-21(9-13)17(24)25-11-12-5-2-1-3-6-12/h1-3,5-6,10,13H,4,7-9,11H2. The normalized spacial score (nSPS) is 17.4. The molecule has 1 amide bonds. The van der Waals surface area contributed by atoms with Crippen molar-refractivity contribution in [1.82, 2.24) is 14.5 Å². The van der Waals surface area contributed by atoms with Gasteiger partial charge in [0.15, 0.2) is 5.15 Å². The molecule has 1 unspecified atom stereocenters. The monoisotopic (exact) mass is 381 g/mol. The van der Waals surface area contributed by atoms with E-state index in [4.69, 9.17) is 27.9 Å². The van der Waals surface area contributed by atoms with Crippen molar-refractivity contribution in [3.63, 3.8) is 0 Å². The highest BCUT2D eigenvalue weighted by atomic mass is 35.5. The van der Waals surface area contributed by atoms with Gasteiger partial charge in [-0.3, -0.25) is 4.79 Å². The van der Waals surface area contributed by atoms with Gasteiger partial charge in [-0.15, -0.1) is 0 Å². The molecular formula is C17H17Cl2N3O3.